The van der Waals surface area contributed by atoms with E-state index in [-0.39, 0.29) is 52.5 Å². The van der Waals surface area contributed by atoms with E-state index in [4.69, 9.17) is 10.8 Å². The number of nitrogens with one attached hydrogen (secondary N) is 1. The molecule has 2 atom stereocenters. The SMILES string of the molecule is CC1(C)CC1C(=O)N/C(=C/CCCCSCC(N)C(=O)[O-])C(=O)O.[Na+]. The zero-order valence-corrected chi connectivity index (χ0v) is 17.9. The number of carboxylic acids is 2. The molecule has 0 spiro atoms. The molecule has 1 aliphatic rings. The van der Waals surface area contributed by atoms with Crippen LogP contribution in [-0.2, 0) is 14.4 Å². The van der Waals surface area contributed by atoms with Gasteiger partial charge in [-0.15, -0.1) is 0 Å². The standard InChI is InChI=1S/C16H26N2O5S.Na/c1-16(2)8-10(16)13(19)18-12(15(22)23)6-4-3-5-7-24-9-11(17)14(20)21;/h6,10-11H,3-5,7-9,17H2,1-2H3,(H,18,19)(H,20,21)(H,22,23);/q;+1/p-1/b12-6+;. The van der Waals surface area contributed by atoms with Gasteiger partial charge in [0.1, 0.15) is 5.70 Å². The van der Waals surface area contributed by atoms with Crippen LogP contribution in [0.3, 0.4) is 0 Å². The average Bonchev–Trinajstić information content (AvgIpc) is 3.13. The zero-order chi connectivity index (χ0) is 18.3. The number of carbonyl (C=O) groups excluding carboxylic acids is 2. The Hall–Kier alpha value is -0.540. The van der Waals surface area contributed by atoms with E-state index in [9.17, 15) is 19.5 Å². The van der Waals surface area contributed by atoms with E-state index >= 15 is 0 Å². The summed E-state index contributed by atoms with van der Waals surface area (Å²) in [6.45, 7) is 3.96. The van der Waals surface area contributed by atoms with Gasteiger partial charge in [0, 0.05) is 11.7 Å². The number of thioether (sulfide) groups is 1. The summed E-state index contributed by atoms with van der Waals surface area (Å²) in [7, 11) is 0. The van der Waals surface area contributed by atoms with Crippen molar-refractivity contribution in [1.29, 1.82) is 0 Å². The smallest absolute Gasteiger partial charge is 0.548 e. The third-order valence-electron chi connectivity index (χ3n) is 4.01. The number of rotatable bonds is 11. The summed E-state index contributed by atoms with van der Waals surface area (Å²) in [5.74, 6) is -1.72. The van der Waals surface area contributed by atoms with E-state index in [0.29, 0.717) is 12.2 Å². The van der Waals surface area contributed by atoms with Crippen LogP contribution in [0.5, 0.6) is 0 Å². The van der Waals surface area contributed by atoms with Crippen molar-refractivity contribution in [3.8, 4) is 0 Å². The number of nitrogens with two attached hydrogens (primary N) is 1. The molecule has 0 aromatic carbocycles. The van der Waals surface area contributed by atoms with Gasteiger partial charge in [-0.1, -0.05) is 19.9 Å². The molecule has 0 aromatic rings. The van der Waals surface area contributed by atoms with Gasteiger partial charge in [0.2, 0.25) is 5.91 Å². The molecule has 1 aliphatic carbocycles. The Morgan fingerprint density at radius 1 is 1.40 bits per heavy atom. The van der Waals surface area contributed by atoms with Crippen molar-refractivity contribution in [2.24, 2.45) is 17.1 Å². The van der Waals surface area contributed by atoms with Crippen molar-refractivity contribution in [2.75, 3.05) is 11.5 Å². The van der Waals surface area contributed by atoms with Crippen molar-refractivity contribution in [2.45, 2.75) is 45.6 Å². The molecule has 0 bridgehead atoms. The maximum atomic E-state index is 11.9. The largest absolute Gasteiger partial charge is 1.00 e. The Bertz CT molecular complexity index is 525. The van der Waals surface area contributed by atoms with Gasteiger partial charge in [-0.05, 0) is 36.9 Å². The molecule has 136 valence electrons. The van der Waals surface area contributed by atoms with Crippen LogP contribution in [0, 0.1) is 11.3 Å². The quantitative estimate of drug-likeness (QED) is 0.199. The van der Waals surface area contributed by atoms with E-state index in [1.54, 1.807) is 0 Å². The van der Waals surface area contributed by atoms with Crippen molar-refractivity contribution in [3.05, 3.63) is 11.8 Å². The van der Waals surface area contributed by atoms with Gasteiger partial charge < -0.3 is 26.1 Å². The van der Waals surface area contributed by atoms with Crippen LogP contribution in [0.1, 0.15) is 39.5 Å². The van der Waals surface area contributed by atoms with Crippen LogP contribution < -0.4 is 45.7 Å². The number of carbonyl (C=O) groups is 3. The average molecular weight is 380 g/mol. The summed E-state index contributed by atoms with van der Waals surface area (Å²) in [5, 5.41) is 22.1. The molecule has 7 nitrogen and oxygen atoms in total. The van der Waals surface area contributed by atoms with Crippen molar-refractivity contribution >= 4 is 29.6 Å². The molecule has 9 heteroatoms. The van der Waals surface area contributed by atoms with Gasteiger partial charge >= 0.3 is 35.5 Å². The fourth-order valence-corrected chi connectivity index (χ4v) is 3.16. The van der Waals surface area contributed by atoms with Gasteiger partial charge in [-0.3, -0.25) is 4.79 Å². The molecular weight excluding hydrogens is 355 g/mol. The Morgan fingerprint density at radius 2 is 2.00 bits per heavy atom. The van der Waals surface area contributed by atoms with E-state index in [2.05, 4.69) is 5.32 Å². The summed E-state index contributed by atoms with van der Waals surface area (Å²) < 4.78 is 0. The third kappa shape index (κ3) is 9.10. The van der Waals surface area contributed by atoms with Gasteiger partial charge in [0.25, 0.3) is 0 Å². The number of allylic oxidation sites excluding steroid dienone is 1. The van der Waals surface area contributed by atoms with Crippen LogP contribution in [0.2, 0.25) is 0 Å². The second-order valence-electron chi connectivity index (χ2n) is 6.65. The molecule has 1 saturated carbocycles. The van der Waals surface area contributed by atoms with Crippen molar-refractivity contribution < 1.29 is 54.2 Å². The van der Waals surface area contributed by atoms with E-state index in [1.165, 1.54) is 17.8 Å². The summed E-state index contributed by atoms with van der Waals surface area (Å²) in [6, 6.07) is -0.963. The van der Waals surface area contributed by atoms with E-state index in [0.717, 1.165) is 25.0 Å². The first-order valence-corrected chi connectivity index (χ1v) is 9.09. The predicted octanol–water partition coefficient (Wildman–Crippen LogP) is -2.90. The van der Waals surface area contributed by atoms with Gasteiger partial charge in [0.05, 0.1) is 12.0 Å². The zero-order valence-electron chi connectivity index (χ0n) is 15.0. The molecule has 2 unspecified atom stereocenters. The normalized spacial score (nSPS) is 19.5. The molecular formula is C16H25N2NaO5S. The van der Waals surface area contributed by atoms with Crippen molar-refractivity contribution in [1.82, 2.24) is 5.32 Å². The number of hydrogen-bond acceptors (Lipinski definition) is 6. The summed E-state index contributed by atoms with van der Waals surface area (Å²) in [6.07, 6.45) is 4.37. The monoisotopic (exact) mass is 380 g/mol. The summed E-state index contributed by atoms with van der Waals surface area (Å²) in [4.78, 5) is 33.6. The second kappa shape index (κ2) is 11.2. The van der Waals surface area contributed by atoms with Crippen LogP contribution >= 0.6 is 11.8 Å². The minimum absolute atomic E-state index is 0. The van der Waals surface area contributed by atoms with Crippen LogP contribution in [0.15, 0.2) is 11.8 Å². The topological polar surface area (TPSA) is 133 Å². The van der Waals surface area contributed by atoms with Crippen LogP contribution in [0.25, 0.3) is 0 Å². The van der Waals surface area contributed by atoms with Gasteiger partial charge in [-0.25, -0.2) is 4.79 Å². The Labute approximate surface area is 174 Å². The predicted molar refractivity (Wildman–Crippen MR) is 89.9 cm³/mol. The molecule has 1 rings (SSSR count). The molecule has 1 amide bonds. The Kier molecular flexibility index (Phi) is 11.0. The molecule has 0 radical (unpaired) electrons. The maximum Gasteiger partial charge on any atom is 1.00 e. The minimum Gasteiger partial charge on any atom is -0.548 e. The molecule has 25 heavy (non-hydrogen) atoms. The number of aliphatic carboxylic acids is 2. The fourth-order valence-electron chi connectivity index (χ4n) is 2.20. The number of unbranched alkanes of at least 4 members (excludes halogenated alkanes) is 2. The van der Waals surface area contributed by atoms with Gasteiger partial charge in [-0.2, -0.15) is 11.8 Å². The summed E-state index contributed by atoms with van der Waals surface area (Å²) in [5.41, 5.74) is 5.21. The minimum atomic E-state index is -1.26. The Morgan fingerprint density at radius 3 is 2.48 bits per heavy atom. The van der Waals surface area contributed by atoms with E-state index < -0.39 is 18.0 Å². The maximum absolute atomic E-state index is 11.9. The molecule has 0 saturated heterocycles. The first-order valence-electron chi connectivity index (χ1n) is 7.93. The number of hydrogen-bond donors (Lipinski definition) is 3. The molecule has 0 heterocycles. The van der Waals surface area contributed by atoms with E-state index in [1.807, 2.05) is 13.8 Å². The molecule has 1 fully saturated rings. The number of amides is 1. The third-order valence-corrected chi connectivity index (χ3v) is 5.18. The van der Waals surface area contributed by atoms with Crippen LogP contribution in [0.4, 0.5) is 0 Å². The number of carboxylic acid groups (broad SMARTS) is 2. The molecule has 4 N–H and O–H groups in total. The first kappa shape index (κ1) is 24.5. The molecule has 0 aromatic heterocycles. The van der Waals surface area contributed by atoms with Crippen molar-refractivity contribution in [3.63, 3.8) is 0 Å². The fraction of sp³-hybridized carbons (Fsp3) is 0.688. The van der Waals surface area contributed by atoms with Crippen LogP contribution in [-0.4, -0.2) is 40.5 Å². The first-order chi connectivity index (χ1) is 11.1. The molecule has 0 aliphatic heterocycles. The summed E-state index contributed by atoms with van der Waals surface area (Å²) >= 11 is 1.42. The van der Waals surface area contributed by atoms with Gasteiger partial charge in [0.15, 0.2) is 0 Å². The second-order valence-corrected chi connectivity index (χ2v) is 7.80. The Balaban J connectivity index is 0.00000576.